The summed E-state index contributed by atoms with van der Waals surface area (Å²) in [5.74, 6) is 1.61. The van der Waals surface area contributed by atoms with Crippen LogP contribution in [0.3, 0.4) is 0 Å². The summed E-state index contributed by atoms with van der Waals surface area (Å²) < 4.78 is 7.76. The summed E-state index contributed by atoms with van der Waals surface area (Å²) >= 11 is 1.57. The van der Waals surface area contributed by atoms with Gasteiger partial charge < -0.3 is 19.5 Å². The van der Waals surface area contributed by atoms with E-state index in [1.165, 1.54) is 0 Å². The van der Waals surface area contributed by atoms with E-state index in [1.807, 2.05) is 41.9 Å². The number of nitrogens with one attached hydrogen (secondary N) is 1. The molecular weight excluding hydrogens is 326 g/mol. The second-order valence-corrected chi connectivity index (χ2v) is 6.65. The molecule has 3 rings (SSSR count). The van der Waals surface area contributed by atoms with Crippen LogP contribution in [0.15, 0.2) is 41.8 Å². The molecule has 24 heavy (non-hydrogen) atoms. The summed E-state index contributed by atoms with van der Waals surface area (Å²) in [5.41, 5.74) is 0. The van der Waals surface area contributed by atoms with Crippen LogP contribution in [0.2, 0.25) is 0 Å². The van der Waals surface area contributed by atoms with Gasteiger partial charge in [0.1, 0.15) is 18.2 Å². The molecule has 1 atom stereocenters. The zero-order chi connectivity index (χ0) is 16.8. The molecule has 0 spiro atoms. The van der Waals surface area contributed by atoms with Crippen molar-refractivity contribution in [2.75, 3.05) is 25.4 Å². The number of benzene rings is 1. The Morgan fingerprint density at radius 3 is 3.00 bits per heavy atom. The van der Waals surface area contributed by atoms with E-state index in [-0.39, 0.29) is 12.1 Å². The highest BCUT2D eigenvalue weighted by Crippen LogP contribution is 2.18. The molecule has 1 aromatic heterocycles. The summed E-state index contributed by atoms with van der Waals surface area (Å²) in [7, 11) is 1.90. The first-order chi connectivity index (χ1) is 11.7. The maximum atomic E-state index is 12.2. The number of carbonyl (C=O) groups excluding carboxylic acids is 1. The Morgan fingerprint density at radius 1 is 1.42 bits per heavy atom. The van der Waals surface area contributed by atoms with Gasteiger partial charge >= 0.3 is 6.03 Å². The average Bonchev–Trinajstić information content (AvgIpc) is 3.22. The normalized spacial score (nSPS) is 17.0. The van der Waals surface area contributed by atoms with Crippen molar-refractivity contribution in [3.05, 3.63) is 36.7 Å². The van der Waals surface area contributed by atoms with E-state index in [4.69, 9.17) is 4.74 Å². The number of aromatic nitrogens is 3. The Kier molecular flexibility index (Phi) is 5.58. The predicted molar refractivity (Wildman–Crippen MR) is 92.2 cm³/mol. The molecule has 0 unspecified atom stereocenters. The monoisotopic (exact) mass is 347 g/mol. The van der Waals surface area contributed by atoms with E-state index in [0.29, 0.717) is 13.1 Å². The number of para-hydroxylation sites is 1. The number of hydrogen-bond acceptors (Lipinski definition) is 5. The zero-order valence-electron chi connectivity index (χ0n) is 13.6. The number of urea groups is 1. The molecule has 2 heterocycles. The quantitative estimate of drug-likeness (QED) is 0.637. The van der Waals surface area contributed by atoms with E-state index in [2.05, 4.69) is 15.5 Å². The van der Waals surface area contributed by atoms with Crippen LogP contribution in [0.1, 0.15) is 6.42 Å². The largest absolute Gasteiger partial charge is 0.489 e. The fourth-order valence-electron chi connectivity index (χ4n) is 2.52. The molecule has 1 aromatic carbocycles. The molecule has 0 radical (unpaired) electrons. The van der Waals surface area contributed by atoms with Gasteiger partial charge in [0.25, 0.3) is 0 Å². The molecule has 1 aliphatic heterocycles. The molecule has 0 bridgehead atoms. The lowest BCUT2D eigenvalue weighted by Gasteiger charge is -2.18. The first-order valence-electron chi connectivity index (χ1n) is 7.93. The summed E-state index contributed by atoms with van der Waals surface area (Å²) in [6.45, 7) is 1.94. The SMILES string of the molecule is Cn1cnnc1SCCNC(=O)N1CC[C@@H](Oc2ccccc2)C1. The van der Waals surface area contributed by atoms with Gasteiger partial charge in [-0.3, -0.25) is 0 Å². The second kappa shape index (κ2) is 8.05. The van der Waals surface area contributed by atoms with Crippen LogP contribution < -0.4 is 10.1 Å². The molecule has 1 fully saturated rings. The summed E-state index contributed by atoms with van der Waals surface area (Å²) in [6, 6.07) is 9.69. The number of hydrogen-bond donors (Lipinski definition) is 1. The minimum absolute atomic E-state index is 0.0345. The van der Waals surface area contributed by atoms with Gasteiger partial charge in [-0.05, 0) is 12.1 Å². The number of amides is 2. The average molecular weight is 347 g/mol. The van der Waals surface area contributed by atoms with Crippen molar-refractivity contribution < 1.29 is 9.53 Å². The fourth-order valence-corrected chi connectivity index (χ4v) is 3.26. The summed E-state index contributed by atoms with van der Waals surface area (Å²) in [4.78, 5) is 14.0. The molecule has 2 aromatic rings. The first kappa shape index (κ1) is 16.6. The molecule has 8 heteroatoms. The topological polar surface area (TPSA) is 72.3 Å². The van der Waals surface area contributed by atoms with E-state index < -0.39 is 0 Å². The van der Waals surface area contributed by atoms with Gasteiger partial charge in [-0.2, -0.15) is 0 Å². The number of rotatable bonds is 6. The number of carbonyl (C=O) groups is 1. The lowest BCUT2D eigenvalue weighted by molar-refractivity contribution is 0.187. The molecule has 128 valence electrons. The number of aryl methyl sites for hydroxylation is 1. The van der Waals surface area contributed by atoms with Crippen LogP contribution in [-0.4, -0.2) is 57.2 Å². The third-order valence-corrected chi connectivity index (χ3v) is 4.79. The van der Waals surface area contributed by atoms with Crippen molar-refractivity contribution in [3.8, 4) is 5.75 Å². The van der Waals surface area contributed by atoms with E-state index in [1.54, 1.807) is 23.0 Å². The summed E-state index contributed by atoms with van der Waals surface area (Å²) in [5, 5.41) is 11.6. The molecular formula is C16H21N5O2S. The predicted octanol–water partition coefficient (Wildman–Crippen LogP) is 1.77. The Morgan fingerprint density at radius 2 is 2.25 bits per heavy atom. The third kappa shape index (κ3) is 4.41. The lowest BCUT2D eigenvalue weighted by atomic mass is 10.3. The molecule has 1 aliphatic rings. The maximum Gasteiger partial charge on any atom is 0.317 e. The van der Waals surface area contributed by atoms with Gasteiger partial charge in [-0.15, -0.1) is 10.2 Å². The Bertz CT molecular complexity index is 663. The zero-order valence-corrected chi connectivity index (χ0v) is 14.4. The Labute approximate surface area is 145 Å². The minimum atomic E-state index is -0.0345. The molecule has 1 saturated heterocycles. The van der Waals surface area contributed by atoms with Gasteiger partial charge in [-0.1, -0.05) is 30.0 Å². The van der Waals surface area contributed by atoms with Gasteiger partial charge in [0.15, 0.2) is 5.16 Å². The lowest BCUT2D eigenvalue weighted by Crippen LogP contribution is -2.40. The van der Waals surface area contributed by atoms with Crippen LogP contribution in [0, 0.1) is 0 Å². The van der Waals surface area contributed by atoms with Crippen molar-refractivity contribution in [3.63, 3.8) is 0 Å². The molecule has 2 amide bonds. The van der Waals surface area contributed by atoms with Crippen LogP contribution >= 0.6 is 11.8 Å². The van der Waals surface area contributed by atoms with Crippen molar-refractivity contribution in [2.45, 2.75) is 17.7 Å². The highest BCUT2D eigenvalue weighted by molar-refractivity contribution is 7.99. The van der Waals surface area contributed by atoms with Crippen LogP contribution in [0.5, 0.6) is 5.75 Å². The Balaban J connectivity index is 1.36. The van der Waals surface area contributed by atoms with Crippen LogP contribution in [0.4, 0.5) is 4.79 Å². The molecule has 0 saturated carbocycles. The smallest absolute Gasteiger partial charge is 0.317 e. The highest BCUT2D eigenvalue weighted by Gasteiger charge is 2.27. The molecule has 7 nitrogen and oxygen atoms in total. The molecule has 1 N–H and O–H groups in total. The van der Waals surface area contributed by atoms with Gasteiger partial charge in [0, 0.05) is 32.3 Å². The van der Waals surface area contributed by atoms with Gasteiger partial charge in [-0.25, -0.2) is 4.79 Å². The highest BCUT2D eigenvalue weighted by atomic mass is 32.2. The summed E-state index contributed by atoms with van der Waals surface area (Å²) in [6.07, 6.45) is 2.58. The number of likely N-dealkylation sites (tertiary alicyclic amines) is 1. The van der Waals surface area contributed by atoms with Gasteiger partial charge in [0.05, 0.1) is 6.54 Å². The van der Waals surface area contributed by atoms with Gasteiger partial charge in [0.2, 0.25) is 0 Å². The van der Waals surface area contributed by atoms with Crippen molar-refractivity contribution >= 4 is 17.8 Å². The first-order valence-corrected chi connectivity index (χ1v) is 8.92. The van der Waals surface area contributed by atoms with Crippen LogP contribution in [-0.2, 0) is 7.05 Å². The Hall–Kier alpha value is -2.22. The second-order valence-electron chi connectivity index (χ2n) is 5.59. The molecule has 0 aliphatic carbocycles. The van der Waals surface area contributed by atoms with E-state index >= 15 is 0 Å². The van der Waals surface area contributed by atoms with Crippen molar-refractivity contribution in [1.29, 1.82) is 0 Å². The van der Waals surface area contributed by atoms with E-state index in [9.17, 15) is 4.79 Å². The van der Waals surface area contributed by atoms with Crippen molar-refractivity contribution in [2.24, 2.45) is 7.05 Å². The fraction of sp³-hybridized carbons (Fsp3) is 0.438. The van der Waals surface area contributed by atoms with E-state index in [0.717, 1.165) is 29.6 Å². The minimum Gasteiger partial charge on any atom is -0.489 e. The standard InChI is InChI=1S/C16H21N5O2S/c1-20-12-18-19-16(20)24-10-8-17-15(22)21-9-7-14(11-21)23-13-5-3-2-4-6-13/h2-6,12,14H,7-11H2,1H3,(H,17,22)/t14-/m1/s1. The maximum absolute atomic E-state index is 12.2. The third-order valence-electron chi connectivity index (χ3n) is 3.76. The number of ether oxygens (including phenoxy) is 1. The number of thioether (sulfide) groups is 1. The van der Waals surface area contributed by atoms with Crippen LogP contribution in [0.25, 0.3) is 0 Å². The number of nitrogens with zero attached hydrogens (tertiary/aromatic N) is 4. The van der Waals surface area contributed by atoms with Crippen molar-refractivity contribution in [1.82, 2.24) is 25.0 Å².